The zero-order chi connectivity index (χ0) is 16.1. The molecule has 112 valence electrons. The van der Waals surface area contributed by atoms with Crippen molar-refractivity contribution >= 4 is 18.0 Å². The summed E-state index contributed by atoms with van der Waals surface area (Å²) < 4.78 is 30.8. The summed E-state index contributed by atoms with van der Waals surface area (Å²) in [6.45, 7) is 0. The van der Waals surface area contributed by atoms with Crippen molar-refractivity contribution in [2.24, 2.45) is 0 Å². The number of hydrogen-bond acceptors (Lipinski definition) is 3. The van der Waals surface area contributed by atoms with Gasteiger partial charge in [-0.3, -0.25) is 0 Å². The zero-order valence-electron chi connectivity index (χ0n) is 11.1. The number of esters is 1. The van der Waals surface area contributed by atoms with Crippen molar-refractivity contribution in [1.82, 2.24) is 0 Å². The second-order valence-electron chi connectivity index (χ2n) is 4.26. The van der Waals surface area contributed by atoms with Gasteiger partial charge in [0.2, 0.25) is 0 Å². The number of carboxylic acid groups (broad SMARTS) is 1. The maximum Gasteiger partial charge on any atom is 0.343 e. The molecule has 4 nitrogen and oxygen atoms in total. The Hall–Kier alpha value is -3.02. The molecule has 2 rings (SSSR count). The Bertz CT molecular complexity index is 736. The first-order valence-corrected chi connectivity index (χ1v) is 6.14. The van der Waals surface area contributed by atoms with E-state index in [9.17, 15) is 18.4 Å². The molecule has 0 radical (unpaired) electrons. The fourth-order valence-corrected chi connectivity index (χ4v) is 1.60. The van der Waals surface area contributed by atoms with E-state index in [0.29, 0.717) is 5.56 Å². The molecule has 0 heterocycles. The van der Waals surface area contributed by atoms with Crippen molar-refractivity contribution in [1.29, 1.82) is 0 Å². The van der Waals surface area contributed by atoms with Crippen LogP contribution in [-0.2, 0) is 4.79 Å². The molecule has 0 saturated heterocycles. The summed E-state index contributed by atoms with van der Waals surface area (Å²) in [6.07, 6.45) is 2.35. The van der Waals surface area contributed by atoms with Crippen LogP contribution >= 0.6 is 0 Å². The first-order chi connectivity index (χ1) is 10.5. The monoisotopic (exact) mass is 304 g/mol. The third-order valence-electron chi connectivity index (χ3n) is 2.66. The molecule has 0 aromatic heterocycles. The highest BCUT2D eigenvalue weighted by Crippen LogP contribution is 2.16. The number of carbonyl (C=O) groups excluding carboxylic acids is 1. The van der Waals surface area contributed by atoms with E-state index in [2.05, 4.69) is 0 Å². The van der Waals surface area contributed by atoms with Gasteiger partial charge in [0.15, 0.2) is 11.6 Å². The molecular weight excluding hydrogens is 294 g/mol. The molecule has 0 amide bonds. The van der Waals surface area contributed by atoms with Gasteiger partial charge >= 0.3 is 11.9 Å². The lowest BCUT2D eigenvalue weighted by molar-refractivity contribution is -0.131. The average Bonchev–Trinajstić information content (AvgIpc) is 2.49. The number of hydrogen-bond donors (Lipinski definition) is 1. The molecule has 0 aliphatic rings. The predicted molar refractivity (Wildman–Crippen MR) is 74.4 cm³/mol. The predicted octanol–water partition coefficient (Wildman–Crippen LogP) is 3.28. The highest BCUT2D eigenvalue weighted by atomic mass is 19.2. The summed E-state index contributed by atoms with van der Waals surface area (Å²) in [4.78, 5) is 22.2. The minimum atomic E-state index is -1.14. The van der Waals surface area contributed by atoms with Crippen LogP contribution < -0.4 is 4.74 Å². The van der Waals surface area contributed by atoms with E-state index >= 15 is 0 Å². The molecule has 0 saturated carbocycles. The van der Waals surface area contributed by atoms with Gasteiger partial charge in [0.05, 0.1) is 5.56 Å². The quantitative estimate of drug-likeness (QED) is 0.535. The molecule has 22 heavy (non-hydrogen) atoms. The normalized spacial score (nSPS) is 10.6. The van der Waals surface area contributed by atoms with Crippen LogP contribution in [0, 0.1) is 11.6 Å². The Morgan fingerprint density at radius 2 is 1.68 bits per heavy atom. The maximum atomic E-state index is 13.0. The molecule has 0 spiro atoms. The summed E-state index contributed by atoms with van der Waals surface area (Å²) in [5.41, 5.74) is 0.490. The lowest BCUT2D eigenvalue weighted by Gasteiger charge is -2.05. The van der Waals surface area contributed by atoms with Crippen LogP contribution in [0.3, 0.4) is 0 Å². The SMILES string of the molecule is O=C(O)C=Cc1ccc(OC(=O)c2ccc(F)c(F)c2)cc1. The van der Waals surface area contributed by atoms with Gasteiger partial charge in [-0.1, -0.05) is 12.1 Å². The van der Waals surface area contributed by atoms with Crippen LogP contribution in [0.25, 0.3) is 6.08 Å². The van der Waals surface area contributed by atoms with Crippen LogP contribution in [0.4, 0.5) is 8.78 Å². The molecule has 0 atom stereocenters. The van der Waals surface area contributed by atoms with Gasteiger partial charge < -0.3 is 9.84 Å². The van der Waals surface area contributed by atoms with Gasteiger partial charge in [0.25, 0.3) is 0 Å². The zero-order valence-corrected chi connectivity index (χ0v) is 11.1. The number of carbonyl (C=O) groups is 2. The van der Waals surface area contributed by atoms with Gasteiger partial charge in [-0.05, 0) is 42.0 Å². The smallest absolute Gasteiger partial charge is 0.343 e. The van der Waals surface area contributed by atoms with Crippen molar-refractivity contribution in [3.63, 3.8) is 0 Å². The molecule has 0 unspecified atom stereocenters. The van der Waals surface area contributed by atoms with Crippen molar-refractivity contribution < 1.29 is 28.2 Å². The highest BCUT2D eigenvalue weighted by Gasteiger charge is 2.11. The van der Waals surface area contributed by atoms with E-state index in [4.69, 9.17) is 9.84 Å². The molecule has 0 aliphatic carbocycles. The Morgan fingerprint density at radius 1 is 1.00 bits per heavy atom. The van der Waals surface area contributed by atoms with Crippen LogP contribution in [0.15, 0.2) is 48.5 Å². The van der Waals surface area contributed by atoms with E-state index in [0.717, 1.165) is 24.3 Å². The fraction of sp³-hybridized carbons (Fsp3) is 0. The number of rotatable bonds is 4. The molecule has 2 aromatic rings. The highest BCUT2D eigenvalue weighted by molar-refractivity contribution is 5.91. The molecule has 0 bridgehead atoms. The molecule has 6 heteroatoms. The number of aliphatic carboxylic acids is 1. The van der Waals surface area contributed by atoms with Crippen LogP contribution in [-0.4, -0.2) is 17.0 Å². The Labute approximate surface area is 124 Å². The standard InChI is InChI=1S/C16H10F2O4/c17-13-7-4-11(9-14(13)18)16(21)22-12-5-1-10(2-6-12)3-8-15(19)20/h1-9H,(H,19,20). The molecule has 2 aromatic carbocycles. The molecular formula is C16H10F2O4. The third-order valence-corrected chi connectivity index (χ3v) is 2.66. The van der Waals surface area contributed by atoms with E-state index in [1.807, 2.05) is 0 Å². The van der Waals surface area contributed by atoms with Gasteiger partial charge in [0.1, 0.15) is 5.75 Å². The Morgan fingerprint density at radius 3 is 2.27 bits per heavy atom. The molecule has 0 fully saturated rings. The first-order valence-electron chi connectivity index (χ1n) is 6.14. The topological polar surface area (TPSA) is 63.6 Å². The lowest BCUT2D eigenvalue weighted by Crippen LogP contribution is -2.09. The van der Waals surface area contributed by atoms with E-state index in [-0.39, 0.29) is 11.3 Å². The summed E-state index contributed by atoms with van der Waals surface area (Å²) in [6, 6.07) is 8.72. The maximum absolute atomic E-state index is 13.0. The number of halogens is 2. The second-order valence-corrected chi connectivity index (χ2v) is 4.26. The van der Waals surface area contributed by atoms with Crippen molar-refractivity contribution in [3.05, 3.63) is 71.3 Å². The Kier molecular flexibility index (Phi) is 4.63. The van der Waals surface area contributed by atoms with E-state index in [1.165, 1.54) is 18.2 Å². The lowest BCUT2D eigenvalue weighted by atomic mass is 10.2. The summed E-state index contributed by atoms with van der Waals surface area (Å²) in [5.74, 6) is -3.89. The fourth-order valence-electron chi connectivity index (χ4n) is 1.60. The average molecular weight is 304 g/mol. The van der Waals surface area contributed by atoms with Crippen molar-refractivity contribution in [3.8, 4) is 5.75 Å². The van der Waals surface area contributed by atoms with Crippen LogP contribution in [0.2, 0.25) is 0 Å². The Balaban J connectivity index is 2.08. The van der Waals surface area contributed by atoms with E-state index in [1.54, 1.807) is 12.1 Å². The number of benzene rings is 2. The van der Waals surface area contributed by atoms with Crippen molar-refractivity contribution in [2.75, 3.05) is 0 Å². The summed E-state index contributed by atoms with van der Waals surface area (Å²) in [7, 11) is 0. The van der Waals surface area contributed by atoms with Gasteiger partial charge in [-0.15, -0.1) is 0 Å². The second kappa shape index (κ2) is 6.62. The molecule has 0 aliphatic heterocycles. The van der Waals surface area contributed by atoms with E-state index < -0.39 is 23.6 Å². The minimum Gasteiger partial charge on any atom is -0.478 e. The van der Waals surface area contributed by atoms with Gasteiger partial charge in [-0.25, -0.2) is 18.4 Å². The largest absolute Gasteiger partial charge is 0.478 e. The van der Waals surface area contributed by atoms with Crippen molar-refractivity contribution in [2.45, 2.75) is 0 Å². The van der Waals surface area contributed by atoms with Gasteiger partial charge in [-0.2, -0.15) is 0 Å². The number of ether oxygens (including phenoxy) is 1. The first kappa shape index (κ1) is 15.4. The minimum absolute atomic E-state index is 0.117. The van der Waals surface area contributed by atoms with Crippen LogP contribution in [0.5, 0.6) is 5.75 Å². The summed E-state index contributed by atoms with van der Waals surface area (Å²) >= 11 is 0. The van der Waals surface area contributed by atoms with Crippen LogP contribution in [0.1, 0.15) is 15.9 Å². The summed E-state index contributed by atoms with van der Waals surface area (Å²) in [5, 5.41) is 8.50. The molecule has 1 N–H and O–H groups in total. The van der Waals surface area contributed by atoms with Gasteiger partial charge in [0, 0.05) is 6.08 Å². The third kappa shape index (κ3) is 3.99. The number of carboxylic acids is 1.